The zero-order valence-electron chi connectivity index (χ0n) is 14.1. The molecule has 3 rings (SSSR count). The zero-order chi connectivity index (χ0) is 18.5. The Labute approximate surface area is 162 Å². The highest BCUT2D eigenvalue weighted by molar-refractivity contribution is 6.35. The smallest absolute Gasteiger partial charge is 0.337 e. The molecule has 26 heavy (non-hydrogen) atoms. The summed E-state index contributed by atoms with van der Waals surface area (Å²) in [5, 5.41) is 1.20. The van der Waals surface area contributed by atoms with Crippen LogP contribution in [0.5, 0.6) is 0 Å². The van der Waals surface area contributed by atoms with Crippen LogP contribution in [0.2, 0.25) is 10.0 Å². The lowest BCUT2D eigenvalue weighted by molar-refractivity contribution is 0.0600. The highest BCUT2D eigenvalue weighted by atomic mass is 35.5. The van der Waals surface area contributed by atoms with E-state index in [-0.39, 0.29) is 5.97 Å². The molecular formula is C22H16Cl2O2. The fraction of sp³-hybridized carbons (Fsp3) is 0.0455. The van der Waals surface area contributed by atoms with Crippen LogP contribution < -0.4 is 0 Å². The molecule has 0 N–H and O–H groups in total. The van der Waals surface area contributed by atoms with Gasteiger partial charge in [0.25, 0.3) is 0 Å². The van der Waals surface area contributed by atoms with Crippen molar-refractivity contribution in [3.63, 3.8) is 0 Å². The van der Waals surface area contributed by atoms with Crippen LogP contribution in [0.4, 0.5) is 0 Å². The first-order valence-electron chi connectivity index (χ1n) is 7.99. The molecule has 0 saturated heterocycles. The van der Waals surface area contributed by atoms with E-state index in [1.54, 1.807) is 18.2 Å². The third-order valence-electron chi connectivity index (χ3n) is 3.92. The van der Waals surface area contributed by atoms with Gasteiger partial charge in [0.15, 0.2) is 0 Å². The maximum atomic E-state index is 11.5. The quantitative estimate of drug-likeness (QED) is 0.374. The first kappa shape index (κ1) is 18.2. The molecule has 0 spiro atoms. The molecule has 0 fully saturated rings. The van der Waals surface area contributed by atoms with Crippen LogP contribution in [0.1, 0.15) is 21.5 Å². The van der Waals surface area contributed by atoms with Crippen LogP contribution in [0.15, 0.2) is 66.7 Å². The number of rotatable bonds is 4. The number of carbonyl (C=O) groups is 1. The minimum absolute atomic E-state index is 0.344. The monoisotopic (exact) mass is 382 g/mol. The summed E-state index contributed by atoms with van der Waals surface area (Å²) in [6.07, 6.45) is 4.02. The van der Waals surface area contributed by atoms with Crippen molar-refractivity contribution in [1.29, 1.82) is 0 Å². The molecule has 0 bridgehead atoms. The summed E-state index contributed by atoms with van der Waals surface area (Å²) >= 11 is 12.3. The maximum absolute atomic E-state index is 11.5. The lowest BCUT2D eigenvalue weighted by atomic mass is 9.99. The second kappa shape index (κ2) is 8.22. The SMILES string of the molecule is COC(=O)c1ccc(C=Cc2ccccc2-c2cc(Cl)cc(Cl)c2)cc1. The summed E-state index contributed by atoms with van der Waals surface area (Å²) in [5.74, 6) is -0.344. The van der Waals surface area contributed by atoms with Crippen molar-refractivity contribution in [2.24, 2.45) is 0 Å². The van der Waals surface area contributed by atoms with Crippen LogP contribution >= 0.6 is 23.2 Å². The normalized spacial score (nSPS) is 10.9. The van der Waals surface area contributed by atoms with E-state index in [4.69, 9.17) is 27.9 Å². The molecule has 0 heterocycles. The highest BCUT2D eigenvalue weighted by Gasteiger charge is 2.06. The Hall–Kier alpha value is -2.55. The Bertz CT molecular complexity index is 940. The molecule has 0 unspecified atom stereocenters. The molecule has 4 heteroatoms. The summed E-state index contributed by atoms with van der Waals surface area (Å²) in [6.45, 7) is 0. The van der Waals surface area contributed by atoms with Gasteiger partial charge in [0.2, 0.25) is 0 Å². The van der Waals surface area contributed by atoms with E-state index in [2.05, 4.69) is 0 Å². The van der Waals surface area contributed by atoms with Gasteiger partial charge in [0.05, 0.1) is 12.7 Å². The highest BCUT2D eigenvalue weighted by Crippen LogP contribution is 2.30. The van der Waals surface area contributed by atoms with Gasteiger partial charge in [0, 0.05) is 10.0 Å². The molecule has 0 aliphatic heterocycles. The van der Waals surface area contributed by atoms with Crippen molar-refractivity contribution < 1.29 is 9.53 Å². The van der Waals surface area contributed by atoms with Gasteiger partial charge >= 0.3 is 5.97 Å². The van der Waals surface area contributed by atoms with E-state index in [0.29, 0.717) is 15.6 Å². The first-order valence-corrected chi connectivity index (χ1v) is 8.74. The summed E-state index contributed by atoms with van der Waals surface area (Å²) in [5.41, 5.74) is 4.56. The number of methoxy groups -OCH3 is 1. The van der Waals surface area contributed by atoms with Crippen molar-refractivity contribution in [3.05, 3.63) is 93.5 Å². The molecule has 3 aromatic rings. The minimum atomic E-state index is -0.344. The van der Waals surface area contributed by atoms with Gasteiger partial charge in [-0.15, -0.1) is 0 Å². The molecule has 0 amide bonds. The summed E-state index contributed by atoms with van der Waals surface area (Å²) in [6, 6.07) is 20.8. The Morgan fingerprint density at radius 2 is 1.54 bits per heavy atom. The van der Waals surface area contributed by atoms with E-state index in [1.165, 1.54) is 7.11 Å². The number of hydrogen-bond acceptors (Lipinski definition) is 2. The molecular weight excluding hydrogens is 367 g/mol. The summed E-state index contributed by atoms with van der Waals surface area (Å²) in [4.78, 5) is 11.5. The Morgan fingerprint density at radius 1 is 0.885 bits per heavy atom. The molecule has 0 atom stereocenters. The van der Waals surface area contributed by atoms with Crippen LogP contribution in [0, 0.1) is 0 Å². The van der Waals surface area contributed by atoms with Gasteiger partial charge in [-0.25, -0.2) is 4.79 Å². The number of benzene rings is 3. The summed E-state index contributed by atoms with van der Waals surface area (Å²) in [7, 11) is 1.37. The Morgan fingerprint density at radius 3 is 2.19 bits per heavy atom. The van der Waals surface area contributed by atoms with Gasteiger partial charge in [-0.1, -0.05) is 71.8 Å². The second-order valence-corrected chi connectivity index (χ2v) is 6.57. The zero-order valence-corrected chi connectivity index (χ0v) is 15.6. The number of hydrogen-bond donors (Lipinski definition) is 0. The molecule has 0 aliphatic rings. The molecule has 0 aliphatic carbocycles. The number of esters is 1. The van der Waals surface area contributed by atoms with E-state index < -0.39 is 0 Å². The van der Waals surface area contributed by atoms with Crippen LogP contribution in [0.3, 0.4) is 0 Å². The standard InChI is InChI=1S/C22H16Cl2O2/c1-26-22(25)17-10-7-15(8-11-17)6-9-16-4-2-3-5-21(16)18-12-19(23)14-20(24)13-18/h2-14H,1H3. The van der Waals surface area contributed by atoms with Gasteiger partial charge in [-0.3, -0.25) is 0 Å². The van der Waals surface area contributed by atoms with Crippen molar-refractivity contribution in [1.82, 2.24) is 0 Å². The van der Waals surface area contributed by atoms with E-state index in [1.807, 2.05) is 60.7 Å². The lowest BCUT2D eigenvalue weighted by Gasteiger charge is -2.08. The predicted octanol–water partition coefficient (Wildman–Crippen LogP) is 6.62. The van der Waals surface area contributed by atoms with Crippen LogP contribution in [-0.2, 0) is 4.74 Å². The van der Waals surface area contributed by atoms with Crippen molar-refractivity contribution in [2.45, 2.75) is 0 Å². The van der Waals surface area contributed by atoms with Crippen LogP contribution in [0.25, 0.3) is 23.3 Å². The van der Waals surface area contributed by atoms with Crippen molar-refractivity contribution in [3.8, 4) is 11.1 Å². The first-order chi connectivity index (χ1) is 12.6. The molecule has 2 nitrogen and oxygen atoms in total. The van der Waals surface area contributed by atoms with E-state index in [0.717, 1.165) is 22.3 Å². The second-order valence-electron chi connectivity index (χ2n) is 5.69. The largest absolute Gasteiger partial charge is 0.465 e. The van der Waals surface area contributed by atoms with Gasteiger partial charge in [-0.05, 0) is 52.6 Å². The lowest BCUT2D eigenvalue weighted by Crippen LogP contribution is -2.00. The van der Waals surface area contributed by atoms with Crippen molar-refractivity contribution in [2.75, 3.05) is 7.11 Å². The molecule has 0 aromatic heterocycles. The van der Waals surface area contributed by atoms with Gasteiger partial charge < -0.3 is 4.74 Å². The van der Waals surface area contributed by atoms with Crippen LogP contribution in [-0.4, -0.2) is 13.1 Å². The fourth-order valence-electron chi connectivity index (χ4n) is 2.65. The van der Waals surface area contributed by atoms with Crippen molar-refractivity contribution >= 4 is 41.3 Å². The van der Waals surface area contributed by atoms with Gasteiger partial charge in [0.1, 0.15) is 0 Å². The predicted molar refractivity (Wildman–Crippen MR) is 109 cm³/mol. The molecule has 0 radical (unpaired) electrons. The number of halogens is 2. The fourth-order valence-corrected chi connectivity index (χ4v) is 3.17. The maximum Gasteiger partial charge on any atom is 0.337 e. The molecule has 0 saturated carbocycles. The summed E-state index contributed by atoms with van der Waals surface area (Å²) < 4.78 is 4.71. The van der Waals surface area contributed by atoms with E-state index >= 15 is 0 Å². The average Bonchev–Trinajstić information content (AvgIpc) is 2.65. The van der Waals surface area contributed by atoms with E-state index in [9.17, 15) is 4.79 Å². The number of carbonyl (C=O) groups excluding carboxylic acids is 1. The Balaban J connectivity index is 1.91. The Kier molecular flexibility index (Phi) is 5.77. The molecule has 3 aromatic carbocycles. The number of ether oxygens (including phenoxy) is 1. The minimum Gasteiger partial charge on any atom is -0.465 e. The topological polar surface area (TPSA) is 26.3 Å². The average molecular weight is 383 g/mol. The third kappa shape index (κ3) is 4.34. The molecule has 130 valence electrons. The van der Waals surface area contributed by atoms with Gasteiger partial charge in [-0.2, -0.15) is 0 Å². The third-order valence-corrected chi connectivity index (χ3v) is 4.36.